The van der Waals surface area contributed by atoms with Crippen molar-refractivity contribution < 1.29 is 27.8 Å². The van der Waals surface area contributed by atoms with Crippen molar-refractivity contribution in [2.75, 3.05) is 13.2 Å². The van der Waals surface area contributed by atoms with Gasteiger partial charge < -0.3 is 19.5 Å². The molecular weight excluding hydrogens is 344 g/mol. The quantitative estimate of drug-likeness (QED) is 0.891. The number of hydrogen-bond donors (Lipinski definition) is 1. The molecule has 2 aliphatic heterocycles. The summed E-state index contributed by atoms with van der Waals surface area (Å²) in [4.78, 5) is 12.3. The Bertz CT molecular complexity index is 911. The maximum Gasteiger partial charge on any atom is 0.586 e. The van der Waals surface area contributed by atoms with Gasteiger partial charge in [-0.15, -0.1) is 8.78 Å². The number of carbonyl (C=O) groups excluding carboxylic acids is 1. The van der Waals surface area contributed by atoms with E-state index in [9.17, 15) is 13.6 Å². The van der Waals surface area contributed by atoms with Crippen molar-refractivity contribution in [3.05, 3.63) is 52.1 Å². The van der Waals surface area contributed by atoms with E-state index in [2.05, 4.69) is 14.8 Å². The number of amides is 1. The summed E-state index contributed by atoms with van der Waals surface area (Å²) in [6.07, 6.45) is -3.16. The number of halogens is 2. The number of benzene rings is 2. The summed E-state index contributed by atoms with van der Waals surface area (Å²) in [7, 11) is 0. The second-order valence-corrected chi connectivity index (χ2v) is 6.39. The van der Waals surface area contributed by atoms with Crippen molar-refractivity contribution in [3.8, 4) is 17.2 Å². The van der Waals surface area contributed by atoms with Gasteiger partial charge in [0.15, 0.2) is 11.5 Å². The highest BCUT2D eigenvalue weighted by Gasteiger charge is 2.43. The molecule has 2 aliphatic rings. The zero-order valence-corrected chi connectivity index (χ0v) is 14.3. The van der Waals surface area contributed by atoms with E-state index in [4.69, 9.17) is 4.74 Å². The zero-order valence-electron chi connectivity index (χ0n) is 14.3. The number of fused-ring (bicyclic) bond motifs is 2. The minimum absolute atomic E-state index is 0.0118. The molecule has 1 N–H and O–H groups in total. The van der Waals surface area contributed by atoms with Crippen molar-refractivity contribution in [1.82, 2.24) is 5.32 Å². The van der Waals surface area contributed by atoms with Crippen LogP contribution in [0.3, 0.4) is 0 Å². The van der Waals surface area contributed by atoms with Crippen LogP contribution in [0.1, 0.15) is 32.6 Å². The number of alkyl halides is 2. The molecule has 0 spiro atoms. The van der Waals surface area contributed by atoms with Crippen LogP contribution >= 0.6 is 0 Å². The third-order valence-electron chi connectivity index (χ3n) is 4.69. The highest BCUT2D eigenvalue weighted by Crippen LogP contribution is 2.41. The molecule has 136 valence electrons. The van der Waals surface area contributed by atoms with Crippen LogP contribution < -0.4 is 19.5 Å². The van der Waals surface area contributed by atoms with Gasteiger partial charge in [0, 0.05) is 0 Å². The lowest BCUT2D eigenvalue weighted by Gasteiger charge is -2.16. The van der Waals surface area contributed by atoms with Crippen molar-refractivity contribution >= 4 is 5.91 Å². The summed E-state index contributed by atoms with van der Waals surface area (Å²) in [6, 6.07) is 6.51. The van der Waals surface area contributed by atoms with Gasteiger partial charge in [0.1, 0.15) is 12.4 Å². The van der Waals surface area contributed by atoms with Crippen LogP contribution in [-0.2, 0) is 6.42 Å². The van der Waals surface area contributed by atoms with Gasteiger partial charge in [-0.3, -0.25) is 4.79 Å². The molecule has 0 atom stereocenters. The second-order valence-electron chi connectivity index (χ2n) is 6.39. The molecule has 0 aromatic heterocycles. The summed E-state index contributed by atoms with van der Waals surface area (Å²) >= 11 is 0. The number of nitrogens with one attached hydrogen (secondary N) is 1. The number of hydrogen-bond acceptors (Lipinski definition) is 4. The van der Waals surface area contributed by atoms with Gasteiger partial charge in [0.05, 0.1) is 12.1 Å². The van der Waals surface area contributed by atoms with Crippen molar-refractivity contribution in [2.24, 2.45) is 0 Å². The first-order valence-electron chi connectivity index (χ1n) is 8.27. The summed E-state index contributed by atoms with van der Waals surface area (Å²) in [5.74, 6) is 0.456. The SMILES string of the molecule is Cc1c(Cc2ccc3c(c2)OC(F)(F)O3)cc2c(c1C)OCCNC2=O. The predicted octanol–water partition coefficient (Wildman–Crippen LogP) is 3.34. The Labute approximate surface area is 148 Å². The molecule has 2 aromatic carbocycles. The van der Waals surface area contributed by atoms with E-state index in [0.717, 1.165) is 22.3 Å². The van der Waals surface area contributed by atoms with Gasteiger partial charge >= 0.3 is 6.29 Å². The lowest BCUT2D eigenvalue weighted by molar-refractivity contribution is -0.286. The lowest BCUT2D eigenvalue weighted by Crippen LogP contribution is -2.25. The van der Waals surface area contributed by atoms with Gasteiger partial charge in [-0.2, -0.15) is 0 Å². The zero-order chi connectivity index (χ0) is 18.5. The molecule has 0 saturated heterocycles. The van der Waals surface area contributed by atoms with E-state index in [1.54, 1.807) is 12.1 Å². The standard InChI is InChI=1S/C19H17F2NO4/c1-10-11(2)17-14(18(23)22-5-6-24-17)9-13(10)7-12-3-4-15-16(8-12)26-19(20,21)25-15/h3-4,8-9H,5-7H2,1-2H3,(H,22,23). The Balaban J connectivity index is 1.70. The molecule has 26 heavy (non-hydrogen) atoms. The van der Waals surface area contributed by atoms with Gasteiger partial charge in [-0.05, 0) is 60.7 Å². The monoisotopic (exact) mass is 361 g/mol. The molecule has 4 rings (SSSR count). The van der Waals surface area contributed by atoms with E-state index in [1.165, 1.54) is 12.1 Å². The van der Waals surface area contributed by atoms with Crippen LogP contribution in [-0.4, -0.2) is 25.4 Å². The third kappa shape index (κ3) is 2.83. The maximum absolute atomic E-state index is 13.2. The fourth-order valence-corrected chi connectivity index (χ4v) is 3.24. The average molecular weight is 361 g/mol. The summed E-state index contributed by atoms with van der Waals surface area (Å²) in [5, 5.41) is 2.80. The highest BCUT2D eigenvalue weighted by molar-refractivity contribution is 5.98. The number of ether oxygens (including phenoxy) is 3. The first kappa shape index (κ1) is 16.6. The first-order chi connectivity index (χ1) is 12.3. The normalized spacial score (nSPS) is 17.2. The summed E-state index contributed by atoms with van der Waals surface area (Å²) in [6.45, 7) is 4.75. The van der Waals surface area contributed by atoms with E-state index in [0.29, 0.717) is 30.9 Å². The molecule has 0 radical (unpaired) electrons. The van der Waals surface area contributed by atoms with Gasteiger partial charge in [-0.25, -0.2) is 0 Å². The third-order valence-corrected chi connectivity index (χ3v) is 4.69. The Kier molecular flexibility index (Phi) is 3.75. The van der Waals surface area contributed by atoms with E-state index in [-0.39, 0.29) is 17.4 Å². The molecule has 0 aliphatic carbocycles. The van der Waals surface area contributed by atoms with Crippen LogP contribution in [0.4, 0.5) is 8.78 Å². The van der Waals surface area contributed by atoms with Crippen molar-refractivity contribution in [1.29, 1.82) is 0 Å². The van der Waals surface area contributed by atoms with E-state index < -0.39 is 6.29 Å². The predicted molar refractivity (Wildman–Crippen MR) is 89.2 cm³/mol. The summed E-state index contributed by atoms with van der Waals surface area (Å²) < 4.78 is 41.0. The highest BCUT2D eigenvalue weighted by atomic mass is 19.3. The fourth-order valence-electron chi connectivity index (χ4n) is 3.24. The van der Waals surface area contributed by atoms with Crippen LogP contribution in [0.25, 0.3) is 0 Å². The van der Waals surface area contributed by atoms with Gasteiger partial charge in [0.25, 0.3) is 5.91 Å². The molecule has 0 unspecified atom stereocenters. The average Bonchev–Trinajstić information content (AvgIpc) is 2.77. The molecule has 1 amide bonds. The van der Waals surface area contributed by atoms with E-state index >= 15 is 0 Å². The Morgan fingerprint density at radius 3 is 2.69 bits per heavy atom. The smallest absolute Gasteiger partial charge is 0.491 e. The molecule has 0 saturated carbocycles. The molecule has 2 heterocycles. The largest absolute Gasteiger partial charge is 0.586 e. The maximum atomic E-state index is 13.2. The molecule has 5 nitrogen and oxygen atoms in total. The number of rotatable bonds is 2. The molecule has 2 aromatic rings. The van der Waals surface area contributed by atoms with Crippen LogP contribution in [0.2, 0.25) is 0 Å². The molecule has 0 bridgehead atoms. The van der Waals surface area contributed by atoms with E-state index in [1.807, 2.05) is 13.8 Å². The molecule has 0 fully saturated rings. The Morgan fingerprint density at radius 2 is 1.88 bits per heavy atom. The van der Waals surface area contributed by atoms with Crippen LogP contribution in [0, 0.1) is 13.8 Å². The summed E-state index contributed by atoms with van der Waals surface area (Å²) in [5.41, 5.74) is 4.10. The second kappa shape index (κ2) is 5.86. The number of carbonyl (C=O) groups is 1. The van der Waals surface area contributed by atoms with Gasteiger partial charge in [0.2, 0.25) is 0 Å². The lowest BCUT2D eigenvalue weighted by atomic mass is 9.93. The molecule has 7 heteroatoms. The Morgan fingerprint density at radius 1 is 1.12 bits per heavy atom. The fraction of sp³-hybridized carbons (Fsp3) is 0.316. The minimum Gasteiger partial charge on any atom is -0.491 e. The van der Waals surface area contributed by atoms with Crippen molar-refractivity contribution in [2.45, 2.75) is 26.6 Å². The molecular formula is C19H17F2NO4. The first-order valence-corrected chi connectivity index (χ1v) is 8.27. The van der Waals surface area contributed by atoms with Crippen LogP contribution in [0.5, 0.6) is 17.2 Å². The minimum atomic E-state index is -3.63. The van der Waals surface area contributed by atoms with Crippen molar-refractivity contribution in [3.63, 3.8) is 0 Å². The Hall–Kier alpha value is -2.83. The van der Waals surface area contributed by atoms with Crippen LogP contribution in [0.15, 0.2) is 24.3 Å². The topological polar surface area (TPSA) is 56.8 Å². The van der Waals surface area contributed by atoms with Gasteiger partial charge in [-0.1, -0.05) is 6.07 Å².